The minimum absolute atomic E-state index is 0.219. The van der Waals surface area contributed by atoms with Crippen LogP contribution < -0.4 is 0 Å². The van der Waals surface area contributed by atoms with Crippen LogP contribution in [0.2, 0.25) is 5.02 Å². The van der Waals surface area contributed by atoms with E-state index in [1.54, 1.807) is 0 Å². The summed E-state index contributed by atoms with van der Waals surface area (Å²) in [6, 6.07) is 2.42. The van der Waals surface area contributed by atoms with Crippen LogP contribution in [0.5, 0.6) is 0 Å². The molecule has 0 unspecified atom stereocenters. The van der Waals surface area contributed by atoms with Gasteiger partial charge in [0.1, 0.15) is 0 Å². The van der Waals surface area contributed by atoms with E-state index in [9.17, 15) is 21.6 Å². The molecule has 0 heterocycles. The number of halogens is 4. The van der Waals surface area contributed by atoms with Crippen LogP contribution in [0, 0.1) is 0 Å². The van der Waals surface area contributed by atoms with Crippen molar-refractivity contribution < 1.29 is 26.7 Å². The Labute approximate surface area is 125 Å². The molecule has 0 fully saturated rings. The summed E-state index contributed by atoms with van der Waals surface area (Å²) in [4.78, 5) is -0.908. The van der Waals surface area contributed by atoms with Gasteiger partial charge in [-0.05, 0) is 18.2 Å². The first-order chi connectivity index (χ1) is 9.64. The molecule has 21 heavy (non-hydrogen) atoms. The number of benzene rings is 1. The molecule has 0 aliphatic rings. The van der Waals surface area contributed by atoms with Crippen LogP contribution in [0.25, 0.3) is 0 Å². The van der Waals surface area contributed by atoms with E-state index in [1.807, 2.05) is 0 Å². The van der Waals surface area contributed by atoms with Crippen molar-refractivity contribution in [2.75, 3.05) is 19.7 Å². The van der Waals surface area contributed by atoms with Gasteiger partial charge < -0.3 is 5.11 Å². The van der Waals surface area contributed by atoms with Gasteiger partial charge in [-0.1, -0.05) is 17.7 Å². The number of hydrogen-bond donors (Lipinski definition) is 1. The first-order valence-electron chi connectivity index (χ1n) is 5.73. The highest BCUT2D eigenvalue weighted by atomic mass is 35.5. The van der Waals surface area contributed by atoms with E-state index in [-0.39, 0.29) is 18.1 Å². The zero-order chi connectivity index (χ0) is 16.3. The van der Waals surface area contributed by atoms with Crippen molar-refractivity contribution in [3.05, 3.63) is 41.4 Å². The number of alkyl halides is 3. The Morgan fingerprint density at radius 3 is 2.48 bits per heavy atom. The smallest absolute Gasteiger partial charge is 0.395 e. The van der Waals surface area contributed by atoms with Crippen LogP contribution in [0.3, 0.4) is 0 Å². The quantitative estimate of drug-likeness (QED) is 0.807. The fourth-order valence-corrected chi connectivity index (χ4v) is 3.42. The molecule has 1 N–H and O–H groups in total. The molecule has 1 rings (SSSR count). The molecule has 0 aliphatic carbocycles. The predicted molar refractivity (Wildman–Crippen MR) is 72.5 cm³/mol. The Morgan fingerprint density at radius 1 is 1.38 bits per heavy atom. The summed E-state index contributed by atoms with van der Waals surface area (Å²) in [5, 5.41) is 8.64. The van der Waals surface area contributed by atoms with Crippen molar-refractivity contribution >= 4 is 21.6 Å². The van der Waals surface area contributed by atoms with E-state index < -0.39 is 33.3 Å². The SMILES string of the molecule is C=CCN(CCO)S(=O)(=O)c1ccc(Cl)cc1C(F)(F)F. The third-order valence-corrected chi connectivity index (χ3v) is 4.71. The fraction of sp³-hybridized carbons (Fsp3) is 0.333. The Morgan fingerprint density at radius 2 is 2.00 bits per heavy atom. The molecule has 0 saturated carbocycles. The van der Waals surface area contributed by atoms with Gasteiger partial charge in [-0.15, -0.1) is 6.58 Å². The number of hydrogen-bond acceptors (Lipinski definition) is 3. The summed E-state index contributed by atoms with van der Waals surface area (Å²) in [6.45, 7) is 2.26. The normalized spacial score (nSPS) is 12.7. The van der Waals surface area contributed by atoms with Crippen molar-refractivity contribution in [2.45, 2.75) is 11.1 Å². The summed E-state index contributed by atoms with van der Waals surface area (Å²) in [6.07, 6.45) is -3.65. The summed E-state index contributed by atoms with van der Waals surface area (Å²) in [5.41, 5.74) is -1.35. The molecule has 0 atom stereocenters. The molecule has 1 aromatic carbocycles. The third kappa shape index (κ3) is 4.19. The van der Waals surface area contributed by atoms with E-state index >= 15 is 0 Å². The average Bonchev–Trinajstić information content (AvgIpc) is 2.37. The molecule has 0 aliphatic heterocycles. The molecule has 0 spiro atoms. The van der Waals surface area contributed by atoms with Gasteiger partial charge in [0.15, 0.2) is 0 Å². The Balaban J connectivity index is 3.46. The molecular formula is C12H13ClF3NO3S. The second-order valence-electron chi connectivity index (χ2n) is 4.01. The number of aliphatic hydroxyl groups excluding tert-OH is 1. The van der Waals surface area contributed by atoms with Crippen LogP contribution in [-0.2, 0) is 16.2 Å². The molecule has 1 aromatic rings. The summed E-state index contributed by atoms with van der Waals surface area (Å²) in [7, 11) is -4.43. The number of sulfonamides is 1. The Hall–Kier alpha value is -1.09. The lowest BCUT2D eigenvalue weighted by atomic mass is 10.2. The Bertz CT molecular complexity index is 617. The topological polar surface area (TPSA) is 57.6 Å². The maximum Gasteiger partial charge on any atom is 0.417 e. The molecule has 0 aromatic heterocycles. The van der Waals surface area contributed by atoms with Crippen molar-refractivity contribution in [3.8, 4) is 0 Å². The molecule has 0 radical (unpaired) electrons. The van der Waals surface area contributed by atoms with Gasteiger partial charge in [-0.2, -0.15) is 17.5 Å². The highest BCUT2D eigenvalue weighted by molar-refractivity contribution is 7.89. The van der Waals surface area contributed by atoms with E-state index in [0.29, 0.717) is 10.4 Å². The average molecular weight is 344 g/mol. The minimum Gasteiger partial charge on any atom is -0.395 e. The molecule has 4 nitrogen and oxygen atoms in total. The predicted octanol–water partition coefficient (Wildman–Crippen LogP) is 2.53. The van der Waals surface area contributed by atoms with Crippen LogP contribution >= 0.6 is 11.6 Å². The van der Waals surface area contributed by atoms with Crippen molar-refractivity contribution in [2.24, 2.45) is 0 Å². The van der Waals surface area contributed by atoms with E-state index in [4.69, 9.17) is 16.7 Å². The van der Waals surface area contributed by atoms with Gasteiger partial charge in [-0.3, -0.25) is 0 Å². The molecular weight excluding hydrogens is 331 g/mol. The highest BCUT2D eigenvalue weighted by Gasteiger charge is 2.39. The van der Waals surface area contributed by atoms with E-state index in [2.05, 4.69) is 6.58 Å². The summed E-state index contributed by atoms with van der Waals surface area (Å²) >= 11 is 5.51. The standard InChI is InChI=1S/C12H13ClF3NO3S/c1-2-5-17(6-7-18)21(19,20)11-4-3-9(13)8-10(11)12(14,15)16/h2-4,8,18H,1,5-7H2. The molecule has 0 saturated heterocycles. The monoisotopic (exact) mass is 343 g/mol. The van der Waals surface area contributed by atoms with Gasteiger partial charge in [0.05, 0.1) is 17.1 Å². The van der Waals surface area contributed by atoms with Crippen molar-refractivity contribution in [1.29, 1.82) is 0 Å². The summed E-state index contributed by atoms with van der Waals surface area (Å²) in [5.74, 6) is 0. The maximum atomic E-state index is 13.0. The lowest BCUT2D eigenvalue weighted by Gasteiger charge is -2.22. The third-order valence-electron chi connectivity index (χ3n) is 2.55. The van der Waals surface area contributed by atoms with Gasteiger partial charge in [0.2, 0.25) is 10.0 Å². The van der Waals surface area contributed by atoms with E-state index in [0.717, 1.165) is 12.1 Å². The van der Waals surface area contributed by atoms with Gasteiger partial charge in [0, 0.05) is 18.1 Å². The first-order valence-corrected chi connectivity index (χ1v) is 7.55. The van der Waals surface area contributed by atoms with Gasteiger partial charge >= 0.3 is 6.18 Å². The highest BCUT2D eigenvalue weighted by Crippen LogP contribution is 2.36. The second-order valence-corrected chi connectivity index (χ2v) is 6.36. The number of aliphatic hydroxyl groups is 1. The van der Waals surface area contributed by atoms with Crippen molar-refractivity contribution in [1.82, 2.24) is 4.31 Å². The maximum absolute atomic E-state index is 13.0. The summed E-state index contributed by atoms with van der Waals surface area (Å²) < 4.78 is 64.3. The van der Waals surface area contributed by atoms with Gasteiger partial charge in [0.25, 0.3) is 0 Å². The Kier molecular flexibility index (Phi) is 5.80. The lowest BCUT2D eigenvalue weighted by Crippen LogP contribution is -2.35. The van der Waals surface area contributed by atoms with Crippen LogP contribution in [0.4, 0.5) is 13.2 Å². The molecule has 9 heteroatoms. The van der Waals surface area contributed by atoms with Crippen LogP contribution in [-0.4, -0.2) is 37.5 Å². The fourth-order valence-electron chi connectivity index (χ4n) is 1.65. The lowest BCUT2D eigenvalue weighted by molar-refractivity contribution is -0.139. The first kappa shape index (κ1) is 18.0. The number of rotatable bonds is 6. The van der Waals surface area contributed by atoms with Crippen LogP contribution in [0.15, 0.2) is 35.7 Å². The number of nitrogens with zero attached hydrogens (tertiary/aromatic N) is 1. The van der Waals surface area contributed by atoms with Crippen LogP contribution in [0.1, 0.15) is 5.56 Å². The van der Waals surface area contributed by atoms with Crippen molar-refractivity contribution in [3.63, 3.8) is 0 Å². The zero-order valence-corrected chi connectivity index (χ0v) is 12.3. The second kappa shape index (κ2) is 6.78. The largest absolute Gasteiger partial charge is 0.417 e. The molecule has 0 bridgehead atoms. The van der Waals surface area contributed by atoms with Gasteiger partial charge in [-0.25, -0.2) is 8.42 Å². The van der Waals surface area contributed by atoms with E-state index in [1.165, 1.54) is 6.08 Å². The molecule has 0 amide bonds. The molecule has 118 valence electrons. The zero-order valence-electron chi connectivity index (χ0n) is 10.8. The minimum atomic E-state index is -4.87.